The Labute approximate surface area is 184 Å². The number of hydrogen-bond donors (Lipinski definition) is 0. The highest BCUT2D eigenvalue weighted by atomic mass is 32.2. The van der Waals surface area contributed by atoms with Gasteiger partial charge in [-0.1, -0.05) is 17.4 Å². The zero-order valence-electron chi connectivity index (χ0n) is 16.0. The van der Waals surface area contributed by atoms with Gasteiger partial charge in [0.15, 0.2) is 5.13 Å². The standard InChI is InChI=1S/C21H15FN4O3S2/c22-14-4-7-17(8-5-14)30-13-20(27)25(12-15-3-1-2-10-23-15)21-24-18-9-6-16(26(28)29)11-19(18)31-21/h1-11H,12-13H2. The van der Waals surface area contributed by atoms with Gasteiger partial charge in [0.25, 0.3) is 5.69 Å². The number of nitro groups is 1. The van der Waals surface area contributed by atoms with E-state index in [-0.39, 0.29) is 29.7 Å². The number of benzene rings is 2. The zero-order chi connectivity index (χ0) is 21.8. The molecule has 2 heterocycles. The fourth-order valence-corrected chi connectivity index (χ4v) is 4.59. The number of rotatable bonds is 7. The number of nitro benzene ring substituents is 1. The molecule has 31 heavy (non-hydrogen) atoms. The van der Waals surface area contributed by atoms with Gasteiger partial charge in [-0.15, -0.1) is 11.8 Å². The summed E-state index contributed by atoms with van der Waals surface area (Å²) in [7, 11) is 0. The van der Waals surface area contributed by atoms with Crippen LogP contribution >= 0.6 is 23.1 Å². The number of aromatic nitrogens is 2. The third-order valence-corrected chi connectivity index (χ3v) is 6.36. The number of carbonyl (C=O) groups excluding carboxylic acids is 1. The first-order valence-electron chi connectivity index (χ1n) is 9.13. The monoisotopic (exact) mass is 454 g/mol. The predicted molar refractivity (Wildman–Crippen MR) is 119 cm³/mol. The molecule has 1 amide bonds. The van der Waals surface area contributed by atoms with E-state index >= 15 is 0 Å². The van der Waals surface area contributed by atoms with E-state index < -0.39 is 4.92 Å². The van der Waals surface area contributed by atoms with Gasteiger partial charge in [0.05, 0.1) is 33.1 Å². The van der Waals surface area contributed by atoms with Crippen LogP contribution < -0.4 is 4.90 Å². The van der Waals surface area contributed by atoms with Crippen molar-refractivity contribution in [2.24, 2.45) is 0 Å². The van der Waals surface area contributed by atoms with E-state index in [4.69, 9.17) is 0 Å². The number of pyridine rings is 1. The maximum absolute atomic E-state index is 13.1. The molecule has 0 aliphatic rings. The van der Waals surface area contributed by atoms with Gasteiger partial charge in [0.1, 0.15) is 5.82 Å². The number of hydrogen-bond acceptors (Lipinski definition) is 7. The minimum atomic E-state index is -0.463. The lowest BCUT2D eigenvalue weighted by Gasteiger charge is -2.19. The van der Waals surface area contributed by atoms with Crippen molar-refractivity contribution < 1.29 is 14.1 Å². The summed E-state index contributed by atoms with van der Waals surface area (Å²) in [6.07, 6.45) is 1.65. The molecule has 0 bridgehead atoms. The van der Waals surface area contributed by atoms with Crippen LogP contribution in [0.15, 0.2) is 71.8 Å². The average Bonchev–Trinajstić information content (AvgIpc) is 3.20. The summed E-state index contributed by atoms with van der Waals surface area (Å²) in [5.74, 6) is -0.418. The lowest BCUT2D eigenvalue weighted by atomic mass is 10.3. The molecule has 10 heteroatoms. The number of nitrogens with zero attached hydrogens (tertiary/aromatic N) is 4. The first-order chi connectivity index (χ1) is 15.0. The molecule has 0 saturated carbocycles. The van der Waals surface area contributed by atoms with Crippen LogP contribution in [0.2, 0.25) is 0 Å². The number of thiazole rings is 1. The highest BCUT2D eigenvalue weighted by Crippen LogP contribution is 2.32. The molecule has 0 aliphatic carbocycles. The highest BCUT2D eigenvalue weighted by molar-refractivity contribution is 8.00. The average molecular weight is 455 g/mol. The van der Waals surface area contributed by atoms with Crippen LogP contribution in [0, 0.1) is 15.9 Å². The summed E-state index contributed by atoms with van der Waals surface area (Å²) >= 11 is 2.50. The summed E-state index contributed by atoms with van der Waals surface area (Å²) in [5, 5.41) is 11.5. The van der Waals surface area contributed by atoms with Crippen LogP contribution in [0.3, 0.4) is 0 Å². The van der Waals surface area contributed by atoms with Crippen molar-refractivity contribution in [3.05, 3.63) is 88.5 Å². The predicted octanol–water partition coefficient (Wildman–Crippen LogP) is 5.06. The molecule has 7 nitrogen and oxygen atoms in total. The summed E-state index contributed by atoms with van der Waals surface area (Å²) in [6.45, 7) is 0.214. The Bertz CT molecular complexity index is 1230. The minimum Gasteiger partial charge on any atom is -0.281 e. The summed E-state index contributed by atoms with van der Waals surface area (Å²) < 4.78 is 13.7. The number of fused-ring (bicyclic) bond motifs is 1. The summed E-state index contributed by atoms with van der Waals surface area (Å²) in [4.78, 5) is 34.8. The molecule has 0 aliphatic heterocycles. The molecule has 156 valence electrons. The molecule has 0 radical (unpaired) electrons. The second-order valence-corrected chi connectivity index (χ2v) is 8.51. The number of halogens is 1. The summed E-state index contributed by atoms with van der Waals surface area (Å²) in [5.41, 5.74) is 1.24. The Kier molecular flexibility index (Phi) is 6.19. The Morgan fingerprint density at radius 3 is 2.68 bits per heavy atom. The number of thioether (sulfide) groups is 1. The van der Waals surface area contributed by atoms with Crippen molar-refractivity contribution in [3.63, 3.8) is 0 Å². The third kappa shape index (κ3) is 5.04. The van der Waals surface area contributed by atoms with Crippen molar-refractivity contribution in [1.29, 1.82) is 0 Å². The molecule has 2 aromatic carbocycles. The second-order valence-electron chi connectivity index (χ2n) is 6.45. The number of non-ortho nitro benzene ring substituents is 1. The van der Waals surface area contributed by atoms with Gasteiger partial charge in [-0.25, -0.2) is 9.37 Å². The van der Waals surface area contributed by atoms with Crippen molar-refractivity contribution in [2.45, 2.75) is 11.4 Å². The molecule has 0 spiro atoms. The molecule has 0 saturated heterocycles. The molecular formula is C21H15FN4O3S2. The van der Waals surface area contributed by atoms with E-state index in [1.807, 2.05) is 12.1 Å². The molecule has 0 atom stereocenters. The molecule has 4 rings (SSSR count). The van der Waals surface area contributed by atoms with Gasteiger partial charge < -0.3 is 0 Å². The van der Waals surface area contributed by atoms with Crippen LogP contribution in [0.4, 0.5) is 15.2 Å². The SMILES string of the molecule is O=C(CSc1ccc(F)cc1)N(Cc1ccccn1)c1nc2ccc([N+](=O)[O-])cc2s1. The Hall–Kier alpha value is -3.37. The number of amides is 1. The lowest BCUT2D eigenvalue weighted by molar-refractivity contribution is -0.384. The van der Waals surface area contributed by atoms with Crippen LogP contribution in [0.5, 0.6) is 0 Å². The Balaban J connectivity index is 1.61. The largest absolute Gasteiger partial charge is 0.281 e. The number of anilines is 1. The normalized spacial score (nSPS) is 10.9. The van der Waals surface area contributed by atoms with E-state index in [2.05, 4.69) is 9.97 Å². The topological polar surface area (TPSA) is 89.2 Å². The summed E-state index contributed by atoms with van der Waals surface area (Å²) in [6, 6.07) is 15.8. The van der Waals surface area contributed by atoms with E-state index in [1.54, 1.807) is 30.5 Å². The highest BCUT2D eigenvalue weighted by Gasteiger charge is 2.22. The molecule has 2 aromatic heterocycles. The fourth-order valence-electron chi connectivity index (χ4n) is 2.80. The van der Waals surface area contributed by atoms with Gasteiger partial charge in [-0.2, -0.15) is 0 Å². The smallest absolute Gasteiger partial charge is 0.270 e. The van der Waals surface area contributed by atoms with Crippen molar-refractivity contribution in [1.82, 2.24) is 9.97 Å². The number of carbonyl (C=O) groups is 1. The van der Waals surface area contributed by atoms with Crippen molar-refractivity contribution in [3.8, 4) is 0 Å². The first kappa shape index (κ1) is 20.9. The van der Waals surface area contributed by atoms with Gasteiger partial charge in [-0.05, 0) is 42.5 Å². The second kappa shape index (κ2) is 9.19. The van der Waals surface area contributed by atoms with Crippen LogP contribution in [0.1, 0.15) is 5.69 Å². The van der Waals surface area contributed by atoms with Crippen LogP contribution in [0.25, 0.3) is 10.2 Å². The maximum atomic E-state index is 13.1. The van der Waals surface area contributed by atoms with E-state index in [9.17, 15) is 19.3 Å². The van der Waals surface area contributed by atoms with Crippen molar-refractivity contribution in [2.75, 3.05) is 10.7 Å². The van der Waals surface area contributed by atoms with Crippen LogP contribution in [-0.2, 0) is 11.3 Å². The minimum absolute atomic E-state index is 0.0304. The fraction of sp³-hybridized carbons (Fsp3) is 0.0952. The zero-order valence-corrected chi connectivity index (χ0v) is 17.6. The van der Waals surface area contributed by atoms with Gasteiger partial charge >= 0.3 is 0 Å². The Morgan fingerprint density at radius 2 is 1.97 bits per heavy atom. The molecule has 0 N–H and O–H groups in total. The van der Waals surface area contributed by atoms with Crippen LogP contribution in [-0.4, -0.2) is 26.6 Å². The van der Waals surface area contributed by atoms with E-state index in [0.717, 1.165) is 4.90 Å². The molecule has 4 aromatic rings. The quantitative estimate of drug-likeness (QED) is 0.220. The van der Waals surface area contributed by atoms with Gasteiger partial charge in [0.2, 0.25) is 5.91 Å². The molecule has 0 fully saturated rings. The van der Waals surface area contributed by atoms with Crippen molar-refractivity contribution >= 4 is 50.0 Å². The van der Waals surface area contributed by atoms with E-state index in [1.165, 1.54) is 52.3 Å². The lowest BCUT2D eigenvalue weighted by Crippen LogP contribution is -2.32. The molecular weight excluding hydrogens is 439 g/mol. The Morgan fingerprint density at radius 1 is 1.16 bits per heavy atom. The third-order valence-electron chi connectivity index (χ3n) is 4.33. The first-order valence-corrected chi connectivity index (χ1v) is 10.9. The van der Waals surface area contributed by atoms with E-state index in [0.29, 0.717) is 21.0 Å². The molecule has 0 unspecified atom stereocenters. The van der Waals surface area contributed by atoms with Gasteiger partial charge in [0, 0.05) is 23.2 Å². The maximum Gasteiger partial charge on any atom is 0.270 e. The van der Waals surface area contributed by atoms with Gasteiger partial charge in [-0.3, -0.25) is 24.8 Å².